The summed E-state index contributed by atoms with van der Waals surface area (Å²) in [5.41, 5.74) is 1.96. The highest BCUT2D eigenvalue weighted by atomic mass is 32.1. The molecular formula is C19H15N5OS. The average molecular weight is 361 g/mol. The number of nitrogens with one attached hydrogen (secondary N) is 1. The van der Waals surface area contributed by atoms with Crippen molar-refractivity contribution in [3.63, 3.8) is 0 Å². The summed E-state index contributed by atoms with van der Waals surface area (Å²) in [6.07, 6.45) is 6.85. The molecule has 0 unspecified atom stereocenters. The van der Waals surface area contributed by atoms with Gasteiger partial charge in [-0.05, 0) is 23.8 Å². The topological polar surface area (TPSA) is 72.7 Å². The van der Waals surface area contributed by atoms with Gasteiger partial charge in [-0.3, -0.25) is 4.79 Å². The smallest absolute Gasteiger partial charge is 0.263 e. The number of benzene rings is 1. The SMILES string of the molecule is O=C(NCc1ccnc(-n2cccn2)c1)c1cnc(-c2ccccc2)s1. The second kappa shape index (κ2) is 7.28. The number of thiazole rings is 1. The number of aromatic nitrogens is 4. The maximum atomic E-state index is 12.4. The molecular weight excluding hydrogens is 346 g/mol. The maximum Gasteiger partial charge on any atom is 0.263 e. The molecule has 0 fully saturated rings. The van der Waals surface area contributed by atoms with E-state index in [1.54, 1.807) is 23.3 Å². The molecule has 1 aromatic carbocycles. The molecule has 0 saturated heterocycles. The normalized spacial score (nSPS) is 10.6. The van der Waals surface area contributed by atoms with Crippen LogP contribution in [0.5, 0.6) is 0 Å². The van der Waals surface area contributed by atoms with Crippen LogP contribution in [-0.2, 0) is 6.54 Å². The molecule has 7 heteroatoms. The Hall–Kier alpha value is -3.32. The lowest BCUT2D eigenvalue weighted by molar-refractivity contribution is 0.0954. The Balaban J connectivity index is 1.43. The van der Waals surface area contributed by atoms with Crippen LogP contribution < -0.4 is 5.32 Å². The van der Waals surface area contributed by atoms with E-state index in [0.29, 0.717) is 17.2 Å². The minimum Gasteiger partial charge on any atom is -0.347 e. The Labute approximate surface area is 154 Å². The molecule has 4 rings (SSSR count). The van der Waals surface area contributed by atoms with E-state index < -0.39 is 0 Å². The molecule has 1 amide bonds. The number of amides is 1. The van der Waals surface area contributed by atoms with Gasteiger partial charge in [-0.2, -0.15) is 5.10 Å². The van der Waals surface area contributed by atoms with Crippen LogP contribution in [0.4, 0.5) is 0 Å². The highest BCUT2D eigenvalue weighted by Crippen LogP contribution is 2.24. The zero-order valence-electron chi connectivity index (χ0n) is 13.7. The van der Waals surface area contributed by atoms with Crippen molar-refractivity contribution in [2.75, 3.05) is 0 Å². The van der Waals surface area contributed by atoms with Gasteiger partial charge in [-0.25, -0.2) is 14.6 Å². The Morgan fingerprint density at radius 3 is 2.77 bits per heavy atom. The van der Waals surface area contributed by atoms with Gasteiger partial charge in [-0.15, -0.1) is 11.3 Å². The van der Waals surface area contributed by atoms with Gasteiger partial charge < -0.3 is 5.32 Å². The highest BCUT2D eigenvalue weighted by molar-refractivity contribution is 7.16. The molecule has 1 N–H and O–H groups in total. The van der Waals surface area contributed by atoms with E-state index in [2.05, 4.69) is 20.4 Å². The molecule has 0 bridgehead atoms. The summed E-state index contributed by atoms with van der Waals surface area (Å²) in [5.74, 6) is 0.577. The Bertz CT molecular complexity index is 1010. The molecule has 0 spiro atoms. The fourth-order valence-corrected chi connectivity index (χ4v) is 3.30. The average Bonchev–Trinajstić information content (AvgIpc) is 3.39. The van der Waals surface area contributed by atoms with Crippen LogP contribution in [0.3, 0.4) is 0 Å². The second-order valence-electron chi connectivity index (χ2n) is 5.55. The standard InChI is InChI=1S/C19H15N5OS/c25-18(16-13-22-19(26-16)15-5-2-1-3-6-15)21-12-14-7-9-20-17(11-14)24-10-4-8-23-24/h1-11,13H,12H2,(H,21,25). The number of pyridine rings is 1. The van der Waals surface area contributed by atoms with Crippen LogP contribution in [0, 0.1) is 0 Å². The first kappa shape index (κ1) is 16.2. The Morgan fingerprint density at radius 2 is 1.96 bits per heavy atom. The van der Waals surface area contributed by atoms with Crippen LogP contribution >= 0.6 is 11.3 Å². The van der Waals surface area contributed by atoms with E-state index >= 15 is 0 Å². The predicted octanol–water partition coefficient (Wildman–Crippen LogP) is 3.32. The minimum absolute atomic E-state index is 0.137. The summed E-state index contributed by atoms with van der Waals surface area (Å²) in [4.78, 5) is 21.6. The Morgan fingerprint density at radius 1 is 1.08 bits per heavy atom. The summed E-state index contributed by atoms with van der Waals surface area (Å²) < 4.78 is 1.68. The van der Waals surface area contributed by atoms with Crippen molar-refractivity contribution in [1.82, 2.24) is 25.1 Å². The quantitative estimate of drug-likeness (QED) is 0.592. The van der Waals surface area contributed by atoms with Gasteiger partial charge in [0.1, 0.15) is 9.88 Å². The van der Waals surface area contributed by atoms with E-state index in [1.807, 2.05) is 54.7 Å². The fraction of sp³-hybridized carbons (Fsp3) is 0.0526. The molecule has 0 aliphatic heterocycles. The highest BCUT2D eigenvalue weighted by Gasteiger charge is 2.11. The Kier molecular flexibility index (Phi) is 4.53. The zero-order chi connectivity index (χ0) is 17.8. The molecule has 3 heterocycles. The number of nitrogens with zero attached hydrogens (tertiary/aromatic N) is 4. The van der Waals surface area contributed by atoms with Gasteiger partial charge in [-0.1, -0.05) is 30.3 Å². The number of hydrogen-bond acceptors (Lipinski definition) is 5. The first-order chi connectivity index (χ1) is 12.8. The third kappa shape index (κ3) is 3.52. The molecule has 0 atom stereocenters. The van der Waals surface area contributed by atoms with Crippen LogP contribution in [0.2, 0.25) is 0 Å². The molecule has 26 heavy (non-hydrogen) atoms. The molecule has 4 aromatic rings. The van der Waals surface area contributed by atoms with Crippen molar-refractivity contribution < 1.29 is 4.79 Å². The zero-order valence-corrected chi connectivity index (χ0v) is 14.6. The third-order valence-electron chi connectivity index (χ3n) is 3.75. The van der Waals surface area contributed by atoms with Gasteiger partial charge in [0.2, 0.25) is 0 Å². The lowest BCUT2D eigenvalue weighted by atomic mass is 10.2. The van der Waals surface area contributed by atoms with Crippen molar-refractivity contribution in [2.45, 2.75) is 6.54 Å². The van der Waals surface area contributed by atoms with Crippen molar-refractivity contribution in [2.24, 2.45) is 0 Å². The van der Waals surface area contributed by atoms with Gasteiger partial charge >= 0.3 is 0 Å². The first-order valence-corrected chi connectivity index (χ1v) is 8.85. The largest absolute Gasteiger partial charge is 0.347 e. The third-order valence-corrected chi connectivity index (χ3v) is 4.80. The summed E-state index contributed by atoms with van der Waals surface area (Å²) in [5, 5.41) is 7.92. The maximum absolute atomic E-state index is 12.4. The second-order valence-corrected chi connectivity index (χ2v) is 6.58. The van der Waals surface area contributed by atoms with Crippen molar-refractivity contribution in [3.8, 4) is 16.4 Å². The van der Waals surface area contributed by atoms with Crippen molar-refractivity contribution >= 4 is 17.2 Å². The van der Waals surface area contributed by atoms with Gasteiger partial charge in [0, 0.05) is 30.7 Å². The molecule has 0 aliphatic rings. The molecule has 0 radical (unpaired) electrons. The monoisotopic (exact) mass is 361 g/mol. The molecule has 6 nitrogen and oxygen atoms in total. The fourth-order valence-electron chi connectivity index (χ4n) is 2.46. The molecule has 3 aromatic heterocycles. The van der Waals surface area contributed by atoms with Crippen LogP contribution in [0.25, 0.3) is 16.4 Å². The summed E-state index contributed by atoms with van der Waals surface area (Å²) >= 11 is 1.38. The molecule has 0 aliphatic carbocycles. The van der Waals surface area contributed by atoms with E-state index in [4.69, 9.17) is 0 Å². The lowest BCUT2D eigenvalue weighted by Crippen LogP contribution is -2.22. The number of rotatable bonds is 5. The summed E-state index contributed by atoms with van der Waals surface area (Å²) in [6, 6.07) is 15.4. The lowest BCUT2D eigenvalue weighted by Gasteiger charge is -2.06. The van der Waals surface area contributed by atoms with E-state index in [0.717, 1.165) is 16.1 Å². The number of carbonyl (C=O) groups excluding carboxylic acids is 1. The summed E-state index contributed by atoms with van der Waals surface area (Å²) in [6.45, 7) is 0.411. The summed E-state index contributed by atoms with van der Waals surface area (Å²) in [7, 11) is 0. The van der Waals surface area contributed by atoms with Crippen molar-refractivity contribution in [1.29, 1.82) is 0 Å². The van der Waals surface area contributed by atoms with Gasteiger partial charge in [0.25, 0.3) is 5.91 Å². The van der Waals surface area contributed by atoms with Crippen LogP contribution in [-0.4, -0.2) is 25.7 Å². The van der Waals surface area contributed by atoms with E-state index in [-0.39, 0.29) is 5.91 Å². The number of carbonyl (C=O) groups is 1. The first-order valence-electron chi connectivity index (χ1n) is 8.04. The van der Waals surface area contributed by atoms with Crippen molar-refractivity contribution in [3.05, 3.63) is 83.8 Å². The molecule has 0 saturated carbocycles. The van der Waals surface area contributed by atoms with Gasteiger partial charge in [0.05, 0.1) is 6.20 Å². The van der Waals surface area contributed by atoms with Gasteiger partial charge in [0.15, 0.2) is 5.82 Å². The van der Waals surface area contributed by atoms with Crippen LogP contribution in [0.1, 0.15) is 15.2 Å². The number of hydrogen-bond donors (Lipinski definition) is 1. The minimum atomic E-state index is -0.137. The van der Waals surface area contributed by atoms with E-state index in [9.17, 15) is 4.79 Å². The van der Waals surface area contributed by atoms with E-state index in [1.165, 1.54) is 11.3 Å². The molecule has 128 valence electrons. The van der Waals surface area contributed by atoms with Crippen LogP contribution in [0.15, 0.2) is 73.3 Å². The predicted molar refractivity (Wildman–Crippen MR) is 100 cm³/mol.